The molecule has 0 radical (unpaired) electrons. The first-order chi connectivity index (χ1) is 12.8. The highest BCUT2D eigenvalue weighted by molar-refractivity contribution is 7.85. The number of hydrogen-bond donors (Lipinski definition) is 1. The summed E-state index contributed by atoms with van der Waals surface area (Å²) in [5, 5.41) is 0. The van der Waals surface area contributed by atoms with E-state index in [-0.39, 0.29) is 22.3 Å². The van der Waals surface area contributed by atoms with Crippen LogP contribution >= 0.6 is 0 Å². The fourth-order valence-electron chi connectivity index (χ4n) is 2.97. The number of carbonyl (C=O) groups is 1. The molecule has 2 unspecified atom stereocenters. The van der Waals surface area contributed by atoms with Crippen molar-refractivity contribution in [3.05, 3.63) is 35.4 Å². The molecular formula is C20H29F3O5S. The predicted molar refractivity (Wildman–Crippen MR) is 104 cm³/mol. The summed E-state index contributed by atoms with van der Waals surface area (Å²) < 4.78 is 73.4. The predicted octanol–water partition coefficient (Wildman–Crippen LogP) is 5.23. The van der Waals surface area contributed by atoms with Gasteiger partial charge >= 0.3 is 12.1 Å². The molecule has 0 aliphatic heterocycles. The molecule has 1 rings (SSSR count). The minimum Gasteiger partial charge on any atom is -0.448 e. The summed E-state index contributed by atoms with van der Waals surface area (Å²) >= 11 is 0. The first kappa shape index (κ1) is 25.4. The van der Waals surface area contributed by atoms with E-state index in [2.05, 4.69) is 46.3 Å². The molecular weight excluding hydrogens is 409 g/mol. The third kappa shape index (κ3) is 8.74. The van der Waals surface area contributed by atoms with Crippen LogP contribution in [0.4, 0.5) is 13.2 Å². The van der Waals surface area contributed by atoms with Crippen LogP contribution in [0.2, 0.25) is 0 Å². The van der Waals surface area contributed by atoms with Crippen LogP contribution in [-0.4, -0.2) is 37.0 Å². The van der Waals surface area contributed by atoms with Gasteiger partial charge in [-0.1, -0.05) is 53.7 Å². The zero-order chi connectivity index (χ0) is 22.8. The molecule has 166 valence electrons. The summed E-state index contributed by atoms with van der Waals surface area (Å²) in [6.45, 7) is 12.6. The van der Waals surface area contributed by atoms with Crippen LogP contribution in [0.25, 0.3) is 0 Å². The van der Waals surface area contributed by atoms with Gasteiger partial charge in [0.05, 0.1) is 5.56 Å². The van der Waals surface area contributed by atoms with Gasteiger partial charge in [0, 0.05) is 0 Å². The van der Waals surface area contributed by atoms with Crippen molar-refractivity contribution >= 4 is 16.1 Å². The van der Waals surface area contributed by atoms with E-state index in [0.29, 0.717) is 0 Å². The van der Waals surface area contributed by atoms with Crippen molar-refractivity contribution in [1.82, 2.24) is 0 Å². The zero-order valence-corrected chi connectivity index (χ0v) is 18.3. The molecule has 9 heteroatoms. The summed E-state index contributed by atoms with van der Waals surface area (Å²) in [7, 11) is -4.98. The van der Waals surface area contributed by atoms with E-state index >= 15 is 0 Å². The minimum absolute atomic E-state index is 0.0469. The fourth-order valence-corrected chi connectivity index (χ4v) is 3.61. The van der Waals surface area contributed by atoms with E-state index in [4.69, 9.17) is 4.55 Å². The van der Waals surface area contributed by atoms with Crippen LogP contribution in [-0.2, 0) is 14.9 Å². The van der Waals surface area contributed by atoms with Gasteiger partial charge in [-0.3, -0.25) is 4.55 Å². The lowest BCUT2D eigenvalue weighted by Gasteiger charge is -2.36. The molecule has 0 spiro atoms. The van der Waals surface area contributed by atoms with Crippen LogP contribution < -0.4 is 0 Å². The van der Waals surface area contributed by atoms with Crippen molar-refractivity contribution in [3.8, 4) is 0 Å². The van der Waals surface area contributed by atoms with Crippen molar-refractivity contribution in [2.45, 2.75) is 66.2 Å². The topological polar surface area (TPSA) is 80.7 Å². The summed E-state index contributed by atoms with van der Waals surface area (Å²) in [6, 6.07) is 6.06. The van der Waals surface area contributed by atoms with Crippen LogP contribution in [0, 0.1) is 10.8 Å². The molecule has 0 saturated heterocycles. The third-order valence-electron chi connectivity index (χ3n) is 4.39. The molecule has 0 saturated carbocycles. The highest BCUT2D eigenvalue weighted by atomic mass is 32.2. The largest absolute Gasteiger partial charge is 0.448 e. The lowest BCUT2D eigenvalue weighted by atomic mass is 9.69. The summed E-state index contributed by atoms with van der Waals surface area (Å²) in [6.07, 6.45) is -7.21. The Morgan fingerprint density at radius 1 is 1.03 bits per heavy atom. The molecule has 1 aromatic rings. The number of halogens is 3. The second kappa shape index (κ2) is 8.63. The van der Waals surface area contributed by atoms with Crippen LogP contribution in [0.3, 0.4) is 0 Å². The Morgan fingerprint density at radius 2 is 1.52 bits per heavy atom. The Kier molecular flexibility index (Phi) is 7.57. The van der Waals surface area contributed by atoms with Gasteiger partial charge in [0.15, 0.2) is 0 Å². The van der Waals surface area contributed by atoms with Crippen LogP contribution in [0.5, 0.6) is 0 Å². The first-order valence-corrected chi connectivity index (χ1v) is 10.7. The monoisotopic (exact) mass is 438 g/mol. The number of rotatable bonds is 6. The van der Waals surface area contributed by atoms with Crippen molar-refractivity contribution in [2.24, 2.45) is 10.8 Å². The first-order valence-electron chi connectivity index (χ1n) is 9.12. The second-order valence-corrected chi connectivity index (χ2v) is 11.0. The lowest BCUT2D eigenvalue weighted by Crippen LogP contribution is -2.39. The average Bonchev–Trinajstić information content (AvgIpc) is 2.48. The number of benzene rings is 1. The number of esters is 1. The van der Waals surface area contributed by atoms with Gasteiger partial charge in [-0.2, -0.15) is 21.6 Å². The maximum absolute atomic E-state index is 12.9. The molecule has 2 atom stereocenters. The molecule has 5 nitrogen and oxygen atoms in total. The van der Waals surface area contributed by atoms with Gasteiger partial charge in [0.2, 0.25) is 6.10 Å². The maximum Gasteiger partial charge on any atom is 0.426 e. The number of alkyl halides is 3. The Balaban J connectivity index is 3.08. The Morgan fingerprint density at radius 3 is 1.86 bits per heavy atom. The van der Waals surface area contributed by atoms with Gasteiger partial charge in [0.25, 0.3) is 10.1 Å². The molecule has 0 aliphatic carbocycles. The van der Waals surface area contributed by atoms with Gasteiger partial charge in [0.1, 0.15) is 5.75 Å². The standard InChI is InChI=1S/C20H29F3O5S/c1-18(2,3)11-15(19(4,5)6)13-7-9-14(10-8-13)17(24)28-16(20(21,22)23)12-29(25,26)27/h7-10,15-16H,11-12H2,1-6H3,(H,25,26,27). The van der Waals surface area contributed by atoms with E-state index < -0.39 is 34.1 Å². The molecule has 0 bridgehead atoms. The lowest BCUT2D eigenvalue weighted by molar-refractivity contribution is -0.197. The number of ether oxygens (including phenoxy) is 1. The fraction of sp³-hybridized carbons (Fsp3) is 0.650. The number of hydrogen-bond acceptors (Lipinski definition) is 4. The molecule has 1 aromatic carbocycles. The summed E-state index contributed by atoms with van der Waals surface area (Å²) in [4.78, 5) is 12.1. The molecule has 0 amide bonds. The SMILES string of the molecule is CC(C)(C)CC(c1ccc(C(=O)OC(CS(=O)(=O)O)C(F)(F)F)cc1)C(C)(C)C. The summed E-state index contributed by atoms with van der Waals surface area (Å²) in [5.74, 6) is -2.92. The summed E-state index contributed by atoms with van der Waals surface area (Å²) in [5.41, 5.74) is 0.772. The van der Waals surface area contributed by atoms with Crippen LogP contribution in [0.1, 0.15) is 69.8 Å². The van der Waals surface area contributed by atoms with E-state index in [0.717, 1.165) is 12.0 Å². The average molecular weight is 439 g/mol. The number of carbonyl (C=O) groups excluding carboxylic acids is 1. The Hall–Kier alpha value is -1.61. The van der Waals surface area contributed by atoms with Crippen LogP contribution in [0.15, 0.2) is 24.3 Å². The molecule has 0 aliphatic rings. The minimum atomic E-state index is -5.13. The molecule has 1 N–H and O–H groups in total. The van der Waals surface area contributed by atoms with E-state index in [1.807, 2.05) is 0 Å². The second-order valence-electron chi connectivity index (χ2n) is 9.49. The highest BCUT2D eigenvalue weighted by Gasteiger charge is 2.45. The molecule has 0 aromatic heterocycles. The van der Waals surface area contributed by atoms with Crippen molar-refractivity contribution in [1.29, 1.82) is 0 Å². The zero-order valence-electron chi connectivity index (χ0n) is 17.5. The van der Waals surface area contributed by atoms with Gasteiger partial charge in [-0.15, -0.1) is 0 Å². The van der Waals surface area contributed by atoms with Gasteiger partial charge in [-0.05, 0) is 40.9 Å². The van der Waals surface area contributed by atoms with Gasteiger partial charge < -0.3 is 4.74 Å². The van der Waals surface area contributed by atoms with Gasteiger partial charge in [-0.25, -0.2) is 4.79 Å². The third-order valence-corrected chi connectivity index (χ3v) is 5.11. The Labute approximate surface area is 170 Å². The normalized spacial score (nSPS) is 15.7. The van der Waals surface area contributed by atoms with Crippen molar-refractivity contribution in [2.75, 3.05) is 5.75 Å². The van der Waals surface area contributed by atoms with E-state index in [9.17, 15) is 26.4 Å². The quantitative estimate of drug-likeness (QED) is 0.486. The molecule has 0 fully saturated rings. The Bertz CT molecular complexity index is 800. The highest BCUT2D eigenvalue weighted by Crippen LogP contribution is 2.43. The van der Waals surface area contributed by atoms with E-state index in [1.54, 1.807) is 12.1 Å². The van der Waals surface area contributed by atoms with Crippen molar-refractivity contribution < 1.29 is 35.7 Å². The maximum atomic E-state index is 12.9. The smallest absolute Gasteiger partial charge is 0.426 e. The van der Waals surface area contributed by atoms with E-state index in [1.165, 1.54) is 12.1 Å². The van der Waals surface area contributed by atoms with Crippen molar-refractivity contribution in [3.63, 3.8) is 0 Å². The molecule has 0 heterocycles. The molecule has 29 heavy (non-hydrogen) atoms.